The standard InChI is InChI=1S/C15H19N5O3S/c1-2-23-12-5-3-10(4-6-12)7-11(13(16)21)8-17-14(22)19-15-20-18-9-24-15/h3-6,9,11H,2,7-8H2,1H3,(H2,16,21)(H2,17,19,20,22). The summed E-state index contributed by atoms with van der Waals surface area (Å²) >= 11 is 1.20. The van der Waals surface area contributed by atoms with E-state index in [1.807, 2.05) is 31.2 Å². The lowest BCUT2D eigenvalue weighted by Crippen LogP contribution is -2.39. The van der Waals surface area contributed by atoms with Crippen LogP contribution in [-0.4, -0.2) is 35.3 Å². The SMILES string of the molecule is CCOc1ccc(CC(CNC(=O)Nc2nncs2)C(N)=O)cc1. The highest BCUT2D eigenvalue weighted by molar-refractivity contribution is 7.13. The van der Waals surface area contributed by atoms with E-state index in [1.165, 1.54) is 16.8 Å². The summed E-state index contributed by atoms with van der Waals surface area (Å²) in [5, 5.41) is 12.8. The Hall–Kier alpha value is -2.68. The average Bonchev–Trinajstić information content (AvgIpc) is 3.06. The van der Waals surface area contributed by atoms with E-state index in [-0.39, 0.29) is 6.54 Å². The maximum Gasteiger partial charge on any atom is 0.321 e. The van der Waals surface area contributed by atoms with E-state index in [9.17, 15) is 9.59 Å². The van der Waals surface area contributed by atoms with E-state index < -0.39 is 17.9 Å². The van der Waals surface area contributed by atoms with Crippen molar-refractivity contribution in [3.63, 3.8) is 0 Å². The minimum atomic E-state index is -0.511. The van der Waals surface area contributed by atoms with Gasteiger partial charge in [-0.05, 0) is 31.0 Å². The van der Waals surface area contributed by atoms with Gasteiger partial charge in [0, 0.05) is 6.54 Å². The average molecular weight is 349 g/mol. The Morgan fingerprint density at radius 3 is 2.67 bits per heavy atom. The smallest absolute Gasteiger partial charge is 0.321 e. The van der Waals surface area contributed by atoms with Gasteiger partial charge in [-0.3, -0.25) is 10.1 Å². The van der Waals surface area contributed by atoms with Gasteiger partial charge in [0.1, 0.15) is 11.3 Å². The van der Waals surface area contributed by atoms with Crippen LogP contribution in [0.4, 0.5) is 9.93 Å². The molecule has 3 amide bonds. The van der Waals surface area contributed by atoms with Gasteiger partial charge in [-0.25, -0.2) is 4.79 Å². The van der Waals surface area contributed by atoms with Crippen molar-refractivity contribution < 1.29 is 14.3 Å². The van der Waals surface area contributed by atoms with E-state index >= 15 is 0 Å². The molecular formula is C15H19N5O3S. The number of primary amides is 1. The van der Waals surface area contributed by atoms with Crippen LogP contribution in [0.5, 0.6) is 5.75 Å². The number of anilines is 1. The van der Waals surface area contributed by atoms with Crippen LogP contribution in [0.15, 0.2) is 29.8 Å². The summed E-state index contributed by atoms with van der Waals surface area (Å²) in [5.41, 5.74) is 7.87. The molecule has 2 rings (SSSR count). The zero-order chi connectivity index (χ0) is 17.4. The Morgan fingerprint density at radius 2 is 2.08 bits per heavy atom. The largest absolute Gasteiger partial charge is 0.494 e. The van der Waals surface area contributed by atoms with Gasteiger partial charge in [-0.1, -0.05) is 23.5 Å². The second kappa shape index (κ2) is 8.82. The molecule has 0 bridgehead atoms. The Kier molecular flexibility index (Phi) is 6.50. The predicted molar refractivity (Wildman–Crippen MR) is 90.9 cm³/mol. The number of benzene rings is 1. The number of amides is 3. The molecule has 9 heteroatoms. The maximum absolute atomic E-state index is 11.8. The molecule has 1 unspecified atom stereocenters. The summed E-state index contributed by atoms with van der Waals surface area (Å²) in [6.45, 7) is 2.64. The second-order valence-electron chi connectivity index (χ2n) is 4.96. The molecule has 0 aliphatic heterocycles. The van der Waals surface area contributed by atoms with Crippen molar-refractivity contribution in [3.8, 4) is 5.75 Å². The van der Waals surface area contributed by atoms with Crippen molar-refractivity contribution in [2.75, 3.05) is 18.5 Å². The molecule has 0 saturated carbocycles. The monoisotopic (exact) mass is 349 g/mol. The maximum atomic E-state index is 11.8. The number of ether oxygens (including phenoxy) is 1. The van der Waals surface area contributed by atoms with Crippen molar-refractivity contribution >= 4 is 28.4 Å². The van der Waals surface area contributed by atoms with Gasteiger partial charge >= 0.3 is 6.03 Å². The Balaban J connectivity index is 1.87. The van der Waals surface area contributed by atoms with Gasteiger partial charge in [-0.15, -0.1) is 10.2 Å². The summed E-state index contributed by atoms with van der Waals surface area (Å²) in [6.07, 6.45) is 0.431. The highest BCUT2D eigenvalue weighted by atomic mass is 32.1. The molecule has 24 heavy (non-hydrogen) atoms. The fourth-order valence-corrected chi connectivity index (χ4v) is 2.47. The van der Waals surface area contributed by atoms with Crippen LogP contribution < -0.4 is 21.1 Å². The molecule has 0 spiro atoms. The zero-order valence-electron chi connectivity index (χ0n) is 13.2. The van der Waals surface area contributed by atoms with Crippen molar-refractivity contribution in [2.24, 2.45) is 11.7 Å². The lowest BCUT2D eigenvalue weighted by Gasteiger charge is -2.15. The summed E-state index contributed by atoms with van der Waals surface area (Å²) in [4.78, 5) is 23.4. The summed E-state index contributed by atoms with van der Waals surface area (Å²) in [5.74, 6) is -0.213. The van der Waals surface area contributed by atoms with Crippen molar-refractivity contribution in [3.05, 3.63) is 35.3 Å². The molecule has 1 aromatic heterocycles. The van der Waals surface area contributed by atoms with Crippen LogP contribution in [0, 0.1) is 5.92 Å². The number of rotatable bonds is 8. The number of hydrogen-bond donors (Lipinski definition) is 3. The number of nitrogens with two attached hydrogens (primary N) is 1. The van der Waals surface area contributed by atoms with E-state index in [0.717, 1.165) is 11.3 Å². The van der Waals surface area contributed by atoms with Crippen LogP contribution in [0.25, 0.3) is 0 Å². The second-order valence-corrected chi connectivity index (χ2v) is 5.79. The molecule has 4 N–H and O–H groups in total. The number of nitrogens with one attached hydrogen (secondary N) is 2. The molecule has 0 aliphatic rings. The van der Waals surface area contributed by atoms with Gasteiger partial charge in [0.15, 0.2) is 0 Å². The molecule has 0 aliphatic carbocycles. The first kappa shape index (κ1) is 17.7. The third-order valence-electron chi connectivity index (χ3n) is 3.21. The molecule has 0 fully saturated rings. The van der Waals surface area contributed by atoms with Gasteiger partial charge in [-0.2, -0.15) is 0 Å². The molecule has 1 heterocycles. The Labute approximate surface area is 143 Å². The Morgan fingerprint density at radius 1 is 1.33 bits per heavy atom. The topological polar surface area (TPSA) is 119 Å². The number of aromatic nitrogens is 2. The molecule has 1 aromatic carbocycles. The molecular weight excluding hydrogens is 330 g/mol. The number of urea groups is 1. The summed E-state index contributed by atoms with van der Waals surface area (Å²) < 4.78 is 5.38. The third kappa shape index (κ3) is 5.51. The van der Waals surface area contributed by atoms with Crippen LogP contribution >= 0.6 is 11.3 Å². The van der Waals surface area contributed by atoms with E-state index in [0.29, 0.717) is 18.2 Å². The van der Waals surface area contributed by atoms with Crippen molar-refractivity contribution in [1.82, 2.24) is 15.5 Å². The third-order valence-corrected chi connectivity index (χ3v) is 3.82. The first-order chi connectivity index (χ1) is 11.6. The highest BCUT2D eigenvalue weighted by Gasteiger charge is 2.17. The fourth-order valence-electron chi connectivity index (χ4n) is 2.03. The number of carbonyl (C=O) groups excluding carboxylic acids is 2. The normalized spacial score (nSPS) is 11.5. The predicted octanol–water partition coefficient (Wildman–Crippen LogP) is 1.40. The molecule has 0 radical (unpaired) electrons. The quantitative estimate of drug-likeness (QED) is 0.665. The van der Waals surface area contributed by atoms with E-state index in [1.54, 1.807) is 0 Å². The first-order valence-corrected chi connectivity index (χ1v) is 8.28. The van der Waals surface area contributed by atoms with Crippen molar-refractivity contribution in [1.29, 1.82) is 0 Å². The van der Waals surface area contributed by atoms with Gasteiger partial charge in [0.2, 0.25) is 11.0 Å². The van der Waals surface area contributed by atoms with Gasteiger partial charge < -0.3 is 15.8 Å². The summed E-state index contributed by atoms with van der Waals surface area (Å²) in [6, 6.07) is 6.98. The van der Waals surface area contributed by atoms with Crippen molar-refractivity contribution in [2.45, 2.75) is 13.3 Å². The molecule has 0 saturated heterocycles. The molecule has 2 aromatic rings. The lowest BCUT2D eigenvalue weighted by molar-refractivity contribution is -0.121. The molecule has 1 atom stereocenters. The lowest BCUT2D eigenvalue weighted by atomic mass is 9.98. The van der Waals surface area contributed by atoms with Crippen LogP contribution in [0.2, 0.25) is 0 Å². The number of hydrogen-bond acceptors (Lipinski definition) is 6. The summed E-state index contributed by atoms with van der Waals surface area (Å²) in [7, 11) is 0. The minimum Gasteiger partial charge on any atom is -0.494 e. The van der Waals surface area contributed by atoms with E-state index in [2.05, 4.69) is 20.8 Å². The number of carbonyl (C=O) groups is 2. The van der Waals surface area contributed by atoms with Crippen LogP contribution in [0.3, 0.4) is 0 Å². The van der Waals surface area contributed by atoms with Gasteiger partial charge in [0.25, 0.3) is 0 Å². The number of nitrogens with zero attached hydrogens (tertiary/aromatic N) is 2. The van der Waals surface area contributed by atoms with E-state index in [4.69, 9.17) is 10.5 Å². The Bertz CT molecular complexity index is 660. The first-order valence-electron chi connectivity index (χ1n) is 7.40. The fraction of sp³-hybridized carbons (Fsp3) is 0.333. The minimum absolute atomic E-state index is 0.132. The van der Waals surface area contributed by atoms with Crippen LogP contribution in [0.1, 0.15) is 12.5 Å². The molecule has 128 valence electrons. The van der Waals surface area contributed by atoms with Gasteiger partial charge in [0.05, 0.1) is 12.5 Å². The molecule has 8 nitrogen and oxygen atoms in total. The van der Waals surface area contributed by atoms with Crippen LogP contribution in [-0.2, 0) is 11.2 Å². The zero-order valence-corrected chi connectivity index (χ0v) is 14.0. The highest BCUT2D eigenvalue weighted by Crippen LogP contribution is 2.15.